The number of ether oxygens (including phenoxy) is 2. The van der Waals surface area contributed by atoms with Crippen LogP contribution < -0.4 is 10.1 Å². The fourth-order valence-corrected chi connectivity index (χ4v) is 2.39. The summed E-state index contributed by atoms with van der Waals surface area (Å²) >= 11 is 0. The van der Waals surface area contributed by atoms with Crippen molar-refractivity contribution in [2.24, 2.45) is 0 Å². The first-order valence-corrected chi connectivity index (χ1v) is 8.83. The van der Waals surface area contributed by atoms with Crippen molar-refractivity contribution in [3.05, 3.63) is 58.8 Å². The van der Waals surface area contributed by atoms with Crippen LogP contribution in [-0.2, 0) is 4.74 Å². The van der Waals surface area contributed by atoms with E-state index in [2.05, 4.69) is 28.3 Å². The predicted octanol–water partition coefficient (Wildman–Crippen LogP) is 5.04. The van der Waals surface area contributed by atoms with Gasteiger partial charge in [0.25, 0.3) is 0 Å². The maximum atomic E-state index is 8.12. The van der Waals surface area contributed by atoms with Crippen LogP contribution in [0.4, 0.5) is 5.82 Å². The summed E-state index contributed by atoms with van der Waals surface area (Å²) in [7, 11) is 3.21. The van der Waals surface area contributed by atoms with Crippen LogP contribution in [0, 0.1) is 5.41 Å². The standard InChI is InChI=1S/C21H30N4O2/c1-8-9-15(3)18(26-6)11-10-14(2)16(4)21(17(5)22)25-19-12-23-13-20(24-19)27-7/h9-13,22H,8H2,1-7H3,(H,24,25)/b14-10+,15-9+,18-11+,21-16-,22-17?. The Kier molecular flexibility index (Phi) is 8.99. The van der Waals surface area contributed by atoms with Gasteiger partial charge in [0.2, 0.25) is 5.88 Å². The molecule has 0 aromatic carbocycles. The molecule has 0 aliphatic rings. The number of hydrogen-bond donors (Lipinski definition) is 2. The van der Waals surface area contributed by atoms with E-state index in [1.807, 2.05) is 32.9 Å². The first-order chi connectivity index (χ1) is 12.8. The summed E-state index contributed by atoms with van der Waals surface area (Å²) in [6.45, 7) is 9.82. The van der Waals surface area contributed by atoms with Crippen LogP contribution in [0.3, 0.4) is 0 Å². The highest BCUT2D eigenvalue weighted by atomic mass is 16.5. The van der Waals surface area contributed by atoms with Crippen molar-refractivity contribution in [1.29, 1.82) is 5.41 Å². The normalized spacial score (nSPS) is 13.8. The van der Waals surface area contributed by atoms with Crippen molar-refractivity contribution in [3.63, 3.8) is 0 Å². The number of rotatable bonds is 9. The van der Waals surface area contributed by atoms with Crippen LogP contribution in [0.15, 0.2) is 58.8 Å². The highest BCUT2D eigenvalue weighted by Crippen LogP contribution is 2.19. The van der Waals surface area contributed by atoms with Crippen molar-refractivity contribution < 1.29 is 9.47 Å². The first kappa shape index (κ1) is 22.2. The lowest BCUT2D eigenvalue weighted by molar-refractivity contribution is 0.300. The third-order valence-electron chi connectivity index (χ3n) is 4.02. The smallest absolute Gasteiger partial charge is 0.233 e. The van der Waals surface area contributed by atoms with Gasteiger partial charge in [-0.05, 0) is 56.9 Å². The second-order valence-electron chi connectivity index (χ2n) is 6.08. The molecule has 146 valence electrons. The molecule has 27 heavy (non-hydrogen) atoms. The van der Waals surface area contributed by atoms with Crippen molar-refractivity contribution in [1.82, 2.24) is 9.97 Å². The molecule has 0 aliphatic heterocycles. The highest BCUT2D eigenvalue weighted by molar-refractivity contribution is 5.99. The van der Waals surface area contributed by atoms with Gasteiger partial charge in [0.05, 0.1) is 38.0 Å². The molecule has 0 radical (unpaired) electrons. The number of methoxy groups -OCH3 is 2. The molecule has 0 spiro atoms. The van der Waals surface area contributed by atoms with Gasteiger partial charge < -0.3 is 20.2 Å². The summed E-state index contributed by atoms with van der Waals surface area (Å²) in [5.74, 6) is 1.76. The van der Waals surface area contributed by atoms with E-state index in [-0.39, 0.29) is 0 Å². The molecule has 0 atom stereocenters. The zero-order chi connectivity index (χ0) is 20.4. The molecule has 0 fully saturated rings. The van der Waals surface area contributed by atoms with E-state index >= 15 is 0 Å². The maximum absolute atomic E-state index is 8.12. The Balaban J connectivity index is 3.21. The van der Waals surface area contributed by atoms with E-state index in [1.165, 1.54) is 6.20 Å². The average molecular weight is 370 g/mol. The van der Waals surface area contributed by atoms with Crippen molar-refractivity contribution in [2.75, 3.05) is 19.5 Å². The lowest BCUT2D eigenvalue weighted by atomic mass is 10.0. The number of hydrogen-bond acceptors (Lipinski definition) is 6. The number of anilines is 1. The molecule has 2 N–H and O–H groups in total. The van der Waals surface area contributed by atoms with Gasteiger partial charge in [-0.2, -0.15) is 4.98 Å². The zero-order valence-corrected chi connectivity index (χ0v) is 17.3. The van der Waals surface area contributed by atoms with Gasteiger partial charge in [-0.3, -0.25) is 4.98 Å². The molecule has 0 amide bonds. The molecule has 6 nitrogen and oxygen atoms in total. The van der Waals surface area contributed by atoms with Gasteiger partial charge in [-0.15, -0.1) is 0 Å². The van der Waals surface area contributed by atoms with Gasteiger partial charge in [0.15, 0.2) is 5.82 Å². The summed E-state index contributed by atoms with van der Waals surface area (Å²) in [6.07, 6.45) is 10.1. The van der Waals surface area contributed by atoms with Crippen LogP contribution >= 0.6 is 0 Å². The zero-order valence-electron chi connectivity index (χ0n) is 17.3. The molecule has 1 rings (SSSR count). The van der Waals surface area contributed by atoms with Crippen LogP contribution in [0.25, 0.3) is 0 Å². The van der Waals surface area contributed by atoms with Gasteiger partial charge in [0.1, 0.15) is 5.76 Å². The van der Waals surface area contributed by atoms with Crippen molar-refractivity contribution in [2.45, 2.75) is 41.0 Å². The Hall–Kier alpha value is -2.89. The maximum Gasteiger partial charge on any atom is 0.233 e. The number of nitrogens with one attached hydrogen (secondary N) is 2. The van der Waals surface area contributed by atoms with Gasteiger partial charge in [-0.1, -0.05) is 19.1 Å². The van der Waals surface area contributed by atoms with E-state index in [4.69, 9.17) is 14.9 Å². The molecular weight excluding hydrogens is 340 g/mol. The summed E-state index contributed by atoms with van der Waals surface area (Å²) in [5, 5.41) is 11.3. The molecule has 6 heteroatoms. The van der Waals surface area contributed by atoms with Crippen LogP contribution in [-0.4, -0.2) is 29.9 Å². The third-order valence-corrected chi connectivity index (χ3v) is 4.02. The Morgan fingerprint density at radius 2 is 1.81 bits per heavy atom. The molecule has 1 aromatic rings. The van der Waals surface area contributed by atoms with Gasteiger partial charge in [-0.25, -0.2) is 0 Å². The second-order valence-corrected chi connectivity index (χ2v) is 6.08. The fourth-order valence-electron chi connectivity index (χ4n) is 2.39. The molecule has 0 bridgehead atoms. The summed E-state index contributed by atoms with van der Waals surface area (Å²) in [4.78, 5) is 8.39. The second kappa shape index (κ2) is 11.0. The summed E-state index contributed by atoms with van der Waals surface area (Å²) < 4.78 is 10.6. The van der Waals surface area contributed by atoms with E-state index in [1.54, 1.807) is 27.3 Å². The monoisotopic (exact) mass is 370 g/mol. The highest BCUT2D eigenvalue weighted by Gasteiger charge is 2.09. The minimum absolute atomic E-state index is 0.405. The Bertz CT molecular complexity index is 789. The van der Waals surface area contributed by atoms with E-state index in [0.717, 1.165) is 28.9 Å². The topological polar surface area (TPSA) is 80.1 Å². The molecule has 1 aromatic heterocycles. The molecular formula is C21H30N4O2. The predicted molar refractivity (Wildman–Crippen MR) is 111 cm³/mol. The summed E-state index contributed by atoms with van der Waals surface area (Å²) in [6, 6.07) is 0. The lowest BCUT2D eigenvalue weighted by Crippen LogP contribution is -2.12. The Morgan fingerprint density at radius 3 is 2.37 bits per heavy atom. The molecule has 0 saturated carbocycles. The largest absolute Gasteiger partial charge is 0.497 e. The SMILES string of the molecule is CC/C=C(C)/C(=C\C=C(C)\C(C)=C(/Nc1cncc(OC)n1)C(C)=N)OC. The van der Waals surface area contributed by atoms with E-state index in [0.29, 0.717) is 23.1 Å². The van der Waals surface area contributed by atoms with Crippen molar-refractivity contribution in [3.8, 4) is 5.88 Å². The fraction of sp³-hybridized carbons (Fsp3) is 0.381. The van der Waals surface area contributed by atoms with Crippen LogP contribution in [0.1, 0.15) is 41.0 Å². The molecule has 0 unspecified atom stereocenters. The summed E-state index contributed by atoms with van der Waals surface area (Å²) in [5.41, 5.74) is 4.14. The Labute approximate surface area is 162 Å². The van der Waals surface area contributed by atoms with Crippen LogP contribution in [0.2, 0.25) is 0 Å². The van der Waals surface area contributed by atoms with Crippen LogP contribution in [0.5, 0.6) is 5.88 Å². The quantitative estimate of drug-likeness (QED) is 0.361. The third kappa shape index (κ3) is 6.73. The average Bonchev–Trinajstić information content (AvgIpc) is 2.66. The first-order valence-electron chi connectivity index (χ1n) is 8.83. The molecule has 0 saturated heterocycles. The molecule has 1 heterocycles. The Morgan fingerprint density at radius 1 is 1.11 bits per heavy atom. The number of nitrogens with zero attached hydrogens (tertiary/aromatic N) is 2. The minimum Gasteiger partial charge on any atom is -0.497 e. The number of allylic oxidation sites excluding steroid dienone is 7. The minimum atomic E-state index is 0.405. The molecule has 0 aliphatic carbocycles. The lowest BCUT2D eigenvalue weighted by Gasteiger charge is -2.14. The van der Waals surface area contributed by atoms with Crippen molar-refractivity contribution >= 4 is 11.5 Å². The van der Waals surface area contributed by atoms with Gasteiger partial charge in [0, 0.05) is 0 Å². The van der Waals surface area contributed by atoms with E-state index in [9.17, 15) is 0 Å². The number of aromatic nitrogens is 2. The van der Waals surface area contributed by atoms with E-state index < -0.39 is 0 Å². The van der Waals surface area contributed by atoms with Gasteiger partial charge >= 0.3 is 0 Å².